The molecular weight excluding hydrogens is 436 g/mol. The molecule has 0 aliphatic carbocycles. The summed E-state index contributed by atoms with van der Waals surface area (Å²) < 4.78 is 17.9. The maximum Gasteiger partial charge on any atom is 0.244 e. The number of amides is 2. The highest BCUT2D eigenvalue weighted by Crippen LogP contribution is 2.19. The largest absolute Gasteiger partial charge is 0.497 e. The van der Waals surface area contributed by atoms with E-state index < -0.39 is 0 Å². The number of aryl methyl sites for hydroxylation is 1. The van der Waals surface area contributed by atoms with Crippen molar-refractivity contribution in [3.05, 3.63) is 66.5 Å². The summed E-state index contributed by atoms with van der Waals surface area (Å²) in [6.45, 7) is 3.14. The maximum atomic E-state index is 12.4. The minimum atomic E-state index is -0.209. The molecule has 34 heavy (non-hydrogen) atoms. The van der Waals surface area contributed by atoms with Crippen LogP contribution in [0.25, 0.3) is 0 Å². The van der Waals surface area contributed by atoms with Gasteiger partial charge in [-0.15, -0.1) is 0 Å². The molecule has 1 heterocycles. The molecule has 0 aliphatic heterocycles. The Balaban J connectivity index is 1.36. The number of nitrogens with one attached hydrogen (secondary N) is 1. The molecule has 0 unspecified atom stereocenters. The van der Waals surface area contributed by atoms with Crippen LogP contribution in [0, 0.1) is 6.92 Å². The van der Waals surface area contributed by atoms with Crippen LogP contribution in [0.2, 0.25) is 0 Å². The van der Waals surface area contributed by atoms with Crippen molar-refractivity contribution in [2.45, 2.75) is 19.9 Å². The molecular formula is C25H30N4O5. The zero-order valence-corrected chi connectivity index (χ0v) is 19.7. The number of aromatic nitrogens is 2. The molecule has 1 N–H and O–H groups in total. The van der Waals surface area contributed by atoms with Crippen molar-refractivity contribution in [3.8, 4) is 17.2 Å². The summed E-state index contributed by atoms with van der Waals surface area (Å²) in [5, 5.41) is 6.91. The lowest BCUT2D eigenvalue weighted by Crippen LogP contribution is -2.33. The number of benzene rings is 2. The predicted octanol–water partition coefficient (Wildman–Crippen LogP) is 3.15. The maximum absolute atomic E-state index is 12.4. The molecule has 3 rings (SSSR count). The molecule has 0 radical (unpaired) electrons. The molecule has 0 saturated heterocycles. The number of hydrogen-bond donors (Lipinski definition) is 1. The molecule has 0 spiro atoms. The average molecular weight is 467 g/mol. The lowest BCUT2D eigenvalue weighted by Gasteiger charge is -2.17. The van der Waals surface area contributed by atoms with Crippen LogP contribution in [0.5, 0.6) is 17.2 Å². The summed E-state index contributed by atoms with van der Waals surface area (Å²) in [5.74, 6) is 1.77. The van der Waals surface area contributed by atoms with E-state index in [1.807, 2.05) is 43.3 Å². The van der Waals surface area contributed by atoms with Crippen LogP contribution >= 0.6 is 0 Å². The fourth-order valence-corrected chi connectivity index (χ4v) is 3.01. The first kappa shape index (κ1) is 24.6. The van der Waals surface area contributed by atoms with Gasteiger partial charge in [0.05, 0.1) is 38.6 Å². The Morgan fingerprint density at radius 3 is 2.53 bits per heavy atom. The second-order valence-corrected chi connectivity index (χ2v) is 7.73. The fourth-order valence-electron chi connectivity index (χ4n) is 3.01. The van der Waals surface area contributed by atoms with Gasteiger partial charge in [-0.1, -0.05) is 23.8 Å². The average Bonchev–Trinajstić information content (AvgIpc) is 3.26. The molecule has 0 bridgehead atoms. The Morgan fingerprint density at radius 2 is 1.76 bits per heavy atom. The number of likely N-dealkylation sites (N-methyl/N-ethyl adjacent to an activating group) is 1. The zero-order valence-electron chi connectivity index (χ0n) is 19.7. The van der Waals surface area contributed by atoms with Gasteiger partial charge in [-0.05, 0) is 31.2 Å². The van der Waals surface area contributed by atoms with Crippen LogP contribution in [0.1, 0.15) is 12.0 Å². The molecule has 180 valence electrons. The monoisotopic (exact) mass is 466 g/mol. The molecule has 3 aromatic rings. The number of methoxy groups -OCH3 is 1. The smallest absolute Gasteiger partial charge is 0.244 e. The van der Waals surface area contributed by atoms with E-state index in [4.69, 9.17) is 14.2 Å². The minimum absolute atomic E-state index is 0.0653. The second-order valence-electron chi connectivity index (χ2n) is 7.73. The number of carbonyl (C=O) groups is 2. The second kappa shape index (κ2) is 12.3. The Hall–Kier alpha value is -4.01. The molecule has 1 aromatic heterocycles. The Morgan fingerprint density at radius 1 is 1.03 bits per heavy atom. The van der Waals surface area contributed by atoms with E-state index in [2.05, 4.69) is 10.4 Å². The van der Waals surface area contributed by atoms with Crippen molar-refractivity contribution in [1.82, 2.24) is 14.7 Å². The first-order valence-corrected chi connectivity index (χ1v) is 11.0. The van der Waals surface area contributed by atoms with Crippen molar-refractivity contribution < 1.29 is 23.8 Å². The van der Waals surface area contributed by atoms with Gasteiger partial charge in [-0.25, -0.2) is 0 Å². The van der Waals surface area contributed by atoms with Gasteiger partial charge in [0.15, 0.2) is 0 Å². The molecule has 9 heteroatoms. The van der Waals surface area contributed by atoms with Crippen molar-refractivity contribution in [2.75, 3.05) is 39.2 Å². The third-order valence-corrected chi connectivity index (χ3v) is 5.00. The number of nitrogens with zero attached hydrogens (tertiary/aromatic N) is 3. The van der Waals surface area contributed by atoms with Gasteiger partial charge in [-0.3, -0.25) is 14.3 Å². The van der Waals surface area contributed by atoms with Gasteiger partial charge in [0.2, 0.25) is 11.8 Å². The molecule has 0 saturated carbocycles. The normalized spacial score (nSPS) is 10.4. The van der Waals surface area contributed by atoms with Crippen molar-refractivity contribution in [2.24, 2.45) is 0 Å². The Bertz CT molecular complexity index is 1080. The predicted molar refractivity (Wildman–Crippen MR) is 128 cm³/mol. The highest BCUT2D eigenvalue weighted by atomic mass is 16.5. The highest BCUT2D eigenvalue weighted by molar-refractivity contribution is 5.90. The van der Waals surface area contributed by atoms with Crippen LogP contribution in [0.3, 0.4) is 0 Å². The van der Waals surface area contributed by atoms with Crippen molar-refractivity contribution in [3.63, 3.8) is 0 Å². The van der Waals surface area contributed by atoms with E-state index in [9.17, 15) is 9.59 Å². The molecule has 9 nitrogen and oxygen atoms in total. The van der Waals surface area contributed by atoms with Gasteiger partial charge in [0, 0.05) is 19.3 Å². The molecule has 2 aromatic carbocycles. The SMILES string of the molecule is COc1cccc(OCCC(=O)Nc2cnn(CC(=O)N(C)CCOc3ccc(C)cc3)c2)c1. The van der Waals surface area contributed by atoms with E-state index in [0.29, 0.717) is 30.3 Å². The van der Waals surface area contributed by atoms with E-state index in [0.717, 1.165) is 11.3 Å². The Labute approximate surface area is 199 Å². The molecule has 2 amide bonds. The van der Waals surface area contributed by atoms with Crippen molar-refractivity contribution >= 4 is 17.5 Å². The summed E-state index contributed by atoms with van der Waals surface area (Å²) in [6.07, 6.45) is 3.30. The van der Waals surface area contributed by atoms with Crippen LogP contribution in [-0.4, -0.2) is 60.4 Å². The topological polar surface area (TPSA) is 94.9 Å². The summed E-state index contributed by atoms with van der Waals surface area (Å²) in [4.78, 5) is 26.2. The number of carbonyl (C=O) groups excluding carboxylic acids is 2. The standard InChI is InChI=1S/C25H30N4O5/c1-19-7-9-21(10-8-19)34-14-12-28(2)25(31)18-29-17-20(16-26-29)27-24(30)11-13-33-23-6-4-5-22(15-23)32-3/h4-10,15-17H,11-14,18H2,1-3H3,(H,27,30). The summed E-state index contributed by atoms with van der Waals surface area (Å²) in [5.41, 5.74) is 1.68. The van der Waals surface area contributed by atoms with Crippen LogP contribution in [0.4, 0.5) is 5.69 Å². The van der Waals surface area contributed by atoms with Crippen LogP contribution < -0.4 is 19.5 Å². The number of hydrogen-bond acceptors (Lipinski definition) is 6. The number of ether oxygens (including phenoxy) is 3. The Kier molecular flexibility index (Phi) is 8.90. The lowest BCUT2D eigenvalue weighted by molar-refractivity contribution is -0.131. The van der Waals surface area contributed by atoms with Gasteiger partial charge < -0.3 is 24.4 Å². The summed E-state index contributed by atoms with van der Waals surface area (Å²) in [6, 6.07) is 15.0. The van der Waals surface area contributed by atoms with Crippen molar-refractivity contribution in [1.29, 1.82) is 0 Å². The molecule has 0 fully saturated rings. The van der Waals surface area contributed by atoms with E-state index in [1.54, 1.807) is 37.4 Å². The fraction of sp³-hybridized carbons (Fsp3) is 0.320. The van der Waals surface area contributed by atoms with Gasteiger partial charge >= 0.3 is 0 Å². The third kappa shape index (κ3) is 7.84. The number of anilines is 1. The quantitative estimate of drug-likeness (QED) is 0.441. The number of rotatable bonds is 12. The van der Waals surface area contributed by atoms with E-state index in [-0.39, 0.29) is 31.4 Å². The summed E-state index contributed by atoms with van der Waals surface area (Å²) >= 11 is 0. The summed E-state index contributed by atoms with van der Waals surface area (Å²) in [7, 11) is 3.30. The first-order valence-electron chi connectivity index (χ1n) is 11.0. The highest BCUT2D eigenvalue weighted by Gasteiger charge is 2.12. The van der Waals surface area contributed by atoms with Gasteiger partial charge in [0.25, 0.3) is 0 Å². The first-order chi connectivity index (χ1) is 16.4. The minimum Gasteiger partial charge on any atom is -0.497 e. The molecule has 0 aliphatic rings. The van der Waals surface area contributed by atoms with Crippen LogP contribution in [0.15, 0.2) is 60.9 Å². The third-order valence-electron chi connectivity index (χ3n) is 5.00. The van der Waals surface area contributed by atoms with Gasteiger partial charge in [0.1, 0.15) is 30.4 Å². The lowest BCUT2D eigenvalue weighted by atomic mass is 10.2. The molecule has 0 atom stereocenters. The van der Waals surface area contributed by atoms with E-state index in [1.165, 1.54) is 10.9 Å². The van der Waals surface area contributed by atoms with Crippen LogP contribution in [-0.2, 0) is 16.1 Å². The zero-order chi connectivity index (χ0) is 24.3. The van der Waals surface area contributed by atoms with Gasteiger partial charge in [-0.2, -0.15) is 5.10 Å². The van der Waals surface area contributed by atoms with E-state index >= 15 is 0 Å².